The molecule has 0 heterocycles. The molecule has 0 fully saturated rings. The lowest BCUT2D eigenvalue weighted by Gasteiger charge is -2.22. The largest absolute Gasteiger partial charge is 0.458 e. The average Bonchev–Trinajstić information content (AvgIpc) is 2.34. The standard InChI is InChI=1S/C17H23NO3/c1-12-7-6-8-14(11-12)9-10-15(19)18-13(2)16(20)21-17(3,4)5/h6-11,13H,1-5H3,(H,18,19)/b10-9+/t13-/m1/s1. The van der Waals surface area contributed by atoms with Crippen molar-refractivity contribution in [1.82, 2.24) is 5.32 Å². The molecule has 0 saturated heterocycles. The van der Waals surface area contributed by atoms with Crippen LogP contribution in [0.2, 0.25) is 0 Å². The molecule has 0 saturated carbocycles. The van der Waals surface area contributed by atoms with Gasteiger partial charge in [-0.25, -0.2) is 4.79 Å². The molecule has 0 aromatic heterocycles. The number of amides is 1. The number of esters is 1. The van der Waals surface area contributed by atoms with Crippen LogP contribution >= 0.6 is 0 Å². The predicted octanol–water partition coefficient (Wildman–Crippen LogP) is 2.85. The van der Waals surface area contributed by atoms with Crippen LogP contribution in [0, 0.1) is 6.92 Å². The maximum absolute atomic E-state index is 11.8. The summed E-state index contributed by atoms with van der Waals surface area (Å²) in [5.41, 5.74) is 1.50. The van der Waals surface area contributed by atoms with E-state index < -0.39 is 17.6 Å². The van der Waals surface area contributed by atoms with Gasteiger partial charge >= 0.3 is 5.97 Å². The Morgan fingerprint density at radius 3 is 2.52 bits per heavy atom. The number of benzene rings is 1. The van der Waals surface area contributed by atoms with Crippen LogP contribution in [0.15, 0.2) is 30.3 Å². The summed E-state index contributed by atoms with van der Waals surface area (Å²) >= 11 is 0. The molecular formula is C17H23NO3. The quantitative estimate of drug-likeness (QED) is 0.685. The van der Waals surface area contributed by atoms with Crippen LogP contribution in [0.1, 0.15) is 38.8 Å². The Balaban J connectivity index is 2.55. The second kappa shape index (κ2) is 7.07. The van der Waals surface area contributed by atoms with Gasteiger partial charge in [0.25, 0.3) is 0 Å². The first-order chi connectivity index (χ1) is 9.67. The molecule has 1 aromatic carbocycles. The van der Waals surface area contributed by atoms with Gasteiger partial charge in [-0.05, 0) is 46.3 Å². The molecular weight excluding hydrogens is 266 g/mol. The molecule has 1 atom stereocenters. The molecule has 0 bridgehead atoms. The van der Waals surface area contributed by atoms with Crippen LogP contribution in [0.3, 0.4) is 0 Å². The Hall–Kier alpha value is -2.10. The molecule has 0 aliphatic heterocycles. The Morgan fingerprint density at radius 1 is 1.29 bits per heavy atom. The first-order valence-electron chi connectivity index (χ1n) is 6.95. The van der Waals surface area contributed by atoms with Gasteiger partial charge in [-0.3, -0.25) is 4.79 Å². The highest BCUT2D eigenvalue weighted by Gasteiger charge is 2.22. The molecule has 1 rings (SSSR count). The lowest BCUT2D eigenvalue weighted by Crippen LogP contribution is -2.41. The van der Waals surface area contributed by atoms with Crippen LogP contribution in [0.5, 0.6) is 0 Å². The fourth-order valence-electron chi connectivity index (χ4n) is 1.66. The molecule has 0 radical (unpaired) electrons. The molecule has 1 N–H and O–H groups in total. The van der Waals surface area contributed by atoms with Crippen LogP contribution in [0.4, 0.5) is 0 Å². The molecule has 0 unspecified atom stereocenters. The highest BCUT2D eigenvalue weighted by molar-refractivity contribution is 5.94. The van der Waals surface area contributed by atoms with Crippen molar-refractivity contribution in [2.24, 2.45) is 0 Å². The van der Waals surface area contributed by atoms with Crippen molar-refractivity contribution in [2.75, 3.05) is 0 Å². The summed E-state index contributed by atoms with van der Waals surface area (Å²) in [5.74, 6) is -0.769. The number of aryl methyl sites for hydroxylation is 1. The molecule has 1 amide bonds. The Bertz CT molecular complexity index is 541. The molecule has 0 aliphatic carbocycles. The fourth-order valence-corrected chi connectivity index (χ4v) is 1.66. The van der Waals surface area contributed by atoms with E-state index in [4.69, 9.17) is 4.74 Å². The molecule has 1 aromatic rings. The van der Waals surface area contributed by atoms with Gasteiger partial charge in [-0.1, -0.05) is 29.8 Å². The Labute approximate surface area is 126 Å². The van der Waals surface area contributed by atoms with E-state index in [-0.39, 0.29) is 5.91 Å². The SMILES string of the molecule is Cc1cccc(/C=C/C(=O)N[C@H](C)C(=O)OC(C)(C)C)c1. The summed E-state index contributed by atoms with van der Waals surface area (Å²) in [4.78, 5) is 23.5. The summed E-state index contributed by atoms with van der Waals surface area (Å²) in [6.07, 6.45) is 3.12. The summed E-state index contributed by atoms with van der Waals surface area (Å²) in [5, 5.41) is 2.59. The molecule has 4 heteroatoms. The first kappa shape index (κ1) is 17.0. The van der Waals surface area contributed by atoms with Crippen molar-refractivity contribution < 1.29 is 14.3 Å². The van der Waals surface area contributed by atoms with Gasteiger partial charge in [0.1, 0.15) is 11.6 Å². The number of carbonyl (C=O) groups is 2. The minimum Gasteiger partial charge on any atom is -0.458 e. The number of ether oxygens (including phenoxy) is 1. The minimum atomic E-state index is -0.682. The second-order valence-electron chi connectivity index (χ2n) is 6.01. The second-order valence-corrected chi connectivity index (χ2v) is 6.01. The molecule has 21 heavy (non-hydrogen) atoms. The van der Waals surface area contributed by atoms with Crippen LogP contribution in [0.25, 0.3) is 6.08 Å². The zero-order chi connectivity index (χ0) is 16.0. The van der Waals surface area contributed by atoms with Gasteiger partial charge in [0.05, 0.1) is 0 Å². The maximum atomic E-state index is 11.8. The molecule has 4 nitrogen and oxygen atoms in total. The third-order valence-corrected chi connectivity index (χ3v) is 2.59. The maximum Gasteiger partial charge on any atom is 0.328 e. The van der Waals surface area contributed by atoms with E-state index in [2.05, 4.69) is 5.32 Å². The van der Waals surface area contributed by atoms with Crippen molar-refractivity contribution in [3.8, 4) is 0 Å². The van der Waals surface area contributed by atoms with Gasteiger partial charge in [0, 0.05) is 6.08 Å². The van der Waals surface area contributed by atoms with E-state index in [0.29, 0.717) is 0 Å². The number of hydrogen-bond donors (Lipinski definition) is 1. The van der Waals surface area contributed by atoms with Crippen molar-refractivity contribution >= 4 is 18.0 Å². The monoisotopic (exact) mass is 289 g/mol. The predicted molar refractivity (Wildman–Crippen MR) is 83.7 cm³/mol. The van der Waals surface area contributed by atoms with Gasteiger partial charge < -0.3 is 10.1 Å². The number of nitrogens with one attached hydrogen (secondary N) is 1. The van der Waals surface area contributed by atoms with Gasteiger partial charge in [-0.15, -0.1) is 0 Å². The highest BCUT2D eigenvalue weighted by atomic mass is 16.6. The van der Waals surface area contributed by atoms with E-state index >= 15 is 0 Å². The minimum absolute atomic E-state index is 0.324. The van der Waals surface area contributed by atoms with E-state index in [1.54, 1.807) is 33.8 Å². The van der Waals surface area contributed by atoms with Crippen molar-refractivity contribution in [2.45, 2.75) is 46.3 Å². The zero-order valence-electron chi connectivity index (χ0n) is 13.3. The normalized spacial score (nSPS) is 13.0. The molecule has 0 aliphatic rings. The van der Waals surface area contributed by atoms with Crippen molar-refractivity contribution in [3.05, 3.63) is 41.5 Å². The van der Waals surface area contributed by atoms with Crippen molar-refractivity contribution in [3.63, 3.8) is 0 Å². The van der Waals surface area contributed by atoms with E-state index in [0.717, 1.165) is 11.1 Å². The van der Waals surface area contributed by atoms with E-state index in [9.17, 15) is 9.59 Å². The lowest BCUT2D eigenvalue weighted by atomic mass is 10.1. The van der Waals surface area contributed by atoms with Crippen LogP contribution < -0.4 is 5.32 Å². The van der Waals surface area contributed by atoms with E-state index in [1.807, 2.05) is 31.2 Å². The average molecular weight is 289 g/mol. The summed E-state index contributed by atoms with van der Waals surface area (Å²) < 4.78 is 5.20. The van der Waals surface area contributed by atoms with Crippen LogP contribution in [-0.4, -0.2) is 23.5 Å². The summed E-state index contributed by atoms with van der Waals surface area (Å²) in [6.45, 7) is 8.96. The number of carbonyl (C=O) groups excluding carboxylic acids is 2. The summed E-state index contributed by atoms with van der Waals surface area (Å²) in [6, 6.07) is 7.12. The highest BCUT2D eigenvalue weighted by Crippen LogP contribution is 2.08. The zero-order valence-corrected chi connectivity index (χ0v) is 13.3. The Morgan fingerprint density at radius 2 is 1.95 bits per heavy atom. The smallest absolute Gasteiger partial charge is 0.328 e. The van der Waals surface area contributed by atoms with Crippen LogP contribution in [-0.2, 0) is 14.3 Å². The van der Waals surface area contributed by atoms with Gasteiger partial charge in [-0.2, -0.15) is 0 Å². The fraction of sp³-hybridized carbons (Fsp3) is 0.412. The Kier molecular flexibility index (Phi) is 5.70. The van der Waals surface area contributed by atoms with Gasteiger partial charge in [0.2, 0.25) is 5.91 Å². The molecule has 0 spiro atoms. The number of hydrogen-bond acceptors (Lipinski definition) is 3. The van der Waals surface area contributed by atoms with Crippen molar-refractivity contribution in [1.29, 1.82) is 0 Å². The van der Waals surface area contributed by atoms with E-state index in [1.165, 1.54) is 6.08 Å². The lowest BCUT2D eigenvalue weighted by molar-refractivity contribution is -0.157. The first-order valence-corrected chi connectivity index (χ1v) is 6.95. The third-order valence-electron chi connectivity index (χ3n) is 2.59. The third kappa shape index (κ3) is 6.75. The molecule has 114 valence electrons. The number of rotatable bonds is 4. The summed E-state index contributed by atoms with van der Waals surface area (Å²) in [7, 11) is 0. The topological polar surface area (TPSA) is 55.4 Å². The van der Waals surface area contributed by atoms with Gasteiger partial charge in [0.15, 0.2) is 0 Å².